The van der Waals surface area contributed by atoms with Crippen molar-refractivity contribution in [3.8, 4) is 0 Å². The number of benzene rings is 2. The van der Waals surface area contributed by atoms with Crippen molar-refractivity contribution in [1.82, 2.24) is 9.88 Å². The molecule has 31 heavy (non-hydrogen) atoms. The zero-order valence-electron chi connectivity index (χ0n) is 16.3. The highest BCUT2D eigenvalue weighted by Crippen LogP contribution is 2.27. The summed E-state index contributed by atoms with van der Waals surface area (Å²) < 4.78 is 7.33. The van der Waals surface area contributed by atoms with Crippen LogP contribution in [0.2, 0.25) is 0 Å². The Labute approximate surface area is 191 Å². The smallest absolute Gasteiger partial charge is 0.325 e. The number of ether oxygens (including phenoxy) is 1. The molecule has 1 saturated heterocycles. The zero-order chi connectivity index (χ0) is 22.1. The molecule has 0 spiro atoms. The van der Waals surface area contributed by atoms with Crippen molar-refractivity contribution in [3.63, 3.8) is 0 Å². The maximum Gasteiger partial charge on any atom is 0.325 e. The number of para-hydroxylation sites is 1. The predicted octanol–water partition coefficient (Wildman–Crippen LogP) is 3.41. The van der Waals surface area contributed by atoms with Gasteiger partial charge in [0.25, 0.3) is 11.8 Å². The third-order valence-electron chi connectivity index (χ3n) is 4.83. The topological polar surface area (TPSA) is 80.6 Å². The lowest BCUT2D eigenvalue weighted by atomic mass is 10.1. The van der Waals surface area contributed by atoms with Crippen LogP contribution in [0.4, 0.5) is 5.69 Å². The number of methoxy groups -OCH3 is 1. The van der Waals surface area contributed by atoms with Gasteiger partial charge in [-0.3, -0.25) is 24.6 Å². The first kappa shape index (κ1) is 21.0. The third kappa shape index (κ3) is 4.01. The van der Waals surface area contributed by atoms with Crippen molar-refractivity contribution < 1.29 is 19.1 Å². The molecule has 0 atom stereocenters. The highest BCUT2D eigenvalue weighted by molar-refractivity contribution is 9.10. The summed E-state index contributed by atoms with van der Waals surface area (Å²) in [4.78, 5) is 38.9. The van der Waals surface area contributed by atoms with Crippen molar-refractivity contribution in [2.24, 2.45) is 0 Å². The molecular weight excluding hydrogens is 482 g/mol. The number of aromatic nitrogens is 1. The number of hydrogen-bond donors (Lipinski definition) is 1. The molecule has 0 radical (unpaired) electrons. The molecule has 2 amide bonds. The minimum atomic E-state index is -0.576. The molecule has 1 aliphatic heterocycles. The molecule has 156 valence electrons. The number of hydrogen-bond acceptors (Lipinski definition) is 5. The van der Waals surface area contributed by atoms with E-state index >= 15 is 0 Å². The maximum absolute atomic E-state index is 13.2. The Bertz CT molecular complexity index is 1260. The highest BCUT2D eigenvalue weighted by atomic mass is 79.9. The van der Waals surface area contributed by atoms with Gasteiger partial charge in [-0.15, -0.1) is 0 Å². The van der Waals surface area contributed by atoms with E-state index in [4.69, 9.17) is 17.0 Å². The first-order valence-corrected chi connectivity index (χ1v) is 10.4. The Morgan fingerprint density at radius 3 is 2.58 bits per heavy atom. The fourth-order valence-corrected chi connectivity index (χ4v) is 3.91. The fourth-order valence-electron chi connectivity index (χ4n) is 3.36. The van der Waals surface area contributed by atoms with Gasteiger partial charge in [-0.1, -0.05) is 34.1 Å². The molecule has 0 bridgehead atoms. The molecule has 1 fully saturated rings. The van der Waals surface area contributed by atoms with E-state index in [0.717, 1.165) is 15.4 Å². The Balaban J connectivity index is 1.78. The number of nitrogens with one attached hydrogen (secondary N) is 1. The number of carbonyl (C=O) groups is 3. The van der Waals surface area contributed by atoms with Crippen LogP contribution < -0.4 is 10.2 Å². The van der Waals surface area contributed by atoms with Crippen LogP contribution in [0.1, 0.15) is 5.56 Å². The van der Waals surface area contributed by atoms with Gasteiger partial charge in [0.2, 0.25) is 0 Å². The molecule has 0 unspecified atom stereocenters. The van der Waals surface area contributed by atoms with E-state index in [1.807, 2.05) is 24.3 Å². The number of rotatable bonds is 4. The van der Waals surface area contributed by atoms with Crippen LogP contribution in [0.3, 0.4) is 0 Å². The van der Waals surface area contributed by atoms with Gasteiger partial charge in [-0.05, 0) is 48.6 Å². The van der Waals surface area contributed by atoms with Gasteiger partial charge in [0.1, 0.15) is 12.1 Å². The molecule has 4 rings (SSSR count). The normalized spacial score (nSPS) is 15.5. The van der Waals surface area contributed by atoms with Gasteiger partial charge < -0.3 is 9.30 Å². The summed E-state index contributed by atoms with van der Waals surface area (Å²) in [5, 5.41) is 3.39. The first-order chi connectivity index (χ1) is 14.9. The zero-order valence-corrected chi connectivity index (χ0v) is 18.7. The summed E-state index contributed by atoms with van der Waals surface area (Å²) >= 11 is 8.59. The van der Waals surface area contributed by atoms with E-state index in [9.17, 15) is 14.4 Å². The van der Waals surface area contributed by atoms with Crippen LogP contribution in [0.25, 0.3) is 17.0 Å². The van der Waals surface area contributed by atoms with E-state index < -0.39 is 17.8 Å². The van der Waals surface area contributed by atoms with Gasteiger partial charge in [0.05, 0.1) is 12.8 Å². The Morgan fingerprint density at radius 2 is 1.87 bits per heavy atom. The Kier molecular flexibility index (Phi) is 5.71. The SMILES string of the molecule is COC(=O)Cn1cc(/C=C2/C(=O)NC(=S)N(c3ccc(Br)cc3)C2=O)c2ccccc21. The lowest BCUT2D eigenvalue weighted by molar-refractivity contribution is -0.141. The van der Waals surface area contributed by atoms with Gasteiger partial charge in [-0.2, -0.15) is 0 Å². The van der Waals surface area contributed by atoms with E-state index in [2.05, 4.69) is 21.2 Å². The number of amides is 2. The number of anilines is 1. The van der Waals surface area contributed by atoms with Gasteiger partial charge >= 0.3 is 5.97 Å². The number of halogens is 1. The predicted molar refractivity (Wildman–Crippen MR) is 124 cm³/mol. The largest absolute Gasteiger partial charge is 0.468 e. The molecule has 3 aromatic rings. The molecule has 0 saturated carbocycles. The van der Waals surface area contributed by atoms with Crippen molar-refractivity contribution >= 4 is 73.7 Å². The van der Waals surface area contributed by atoms with Crippen molar-refractivity contribution in [2.75, 3.05) is 12.0 Å². The molecule has 0 aliphatic carbocycles. The van der Waals surface area contributed by atoms with Crippen molar-refractivity contribution in [3.05, 3.63) is 70.3 Å². The molecule has 2 aromatic carbocycles. The second-order valence-corrected chi connectivity index (χ2v) is 8.04. The summed E-state index contributed by atoms with van der Waals surface area (Å²) in [5.74, 6) is -1.51. The van der Waals surface area contributed by atoms with Crippen LogP contribution in [0.15, 0.2) is 64.8 Å². The van der Waals surface area contributed by atoms with E-state index in [-0.39, 0.29) is 17.2 Å². The Hall–Kier alpha value is -3.30. The van der Waals surface area contributed by atoms with Crippen LogP contribution in [-0.4, -0.2) is 34.6 Å². The molecular formula is C22H16BrN3O4S. The van der Waals surface area contributed by atoms with Crippen LogP contribution in [0, 0.1) is 0 Å². The Morgan fingerprint density at radius 1 is 1.16 bits per heavy atom. The van der Waals surface area contributed by atoms with Crippen LogP contribution >= 0.6 is 28.1 Å². The lowest BCUT2D eigenvalue weighted by Gasteiger charge is -2.28. The van der Waals surface area contributed by atoms with Gasteiger partial charge in [0.15, 0.2) is 5.11 Å². The number of carbonyl (C=O) groups excluding carboxylic acids is 3. The minimum Gasteiger partial charge on any atom is -0.468 e. The van der Waals surface area contributed by atoms with Gasteiger partial charge in [0, 0.05) is 27.1 Å². The van der Waals surface area contributed by atoms with Crippen molar-refractivity contribution in [2.45, 2.75) is 6.54 Å². The average Bonchev–Trinajstić information content (AvgIpc) is 3.09. The monoisotopic (exact) mass is 497 g/mol. The molecule has 9 heteroatoms. The standard InChI is InChI=1S/C22H16BrN3O4S/c1-30-19(27)12-25-11-13(16-4-2-3-5-18(16)25)10-17-20(28)24-22(31)26(21(17)29)15-8-6-14(23)7-9-15/h2-11H,12H2,1H3,(H,24,28,31)/b17-10-. The molecule has 1 N–H and O–H groups in total. The first-order valence-electron chi connectivity index (χ1n) is 9.21. The maximum atomic E-state index is 13.2. The van der Waals surface area contributed by atoms with Crippen molar-refractivity contribution in [1.29, 1.82) is 0 Å². The van der Waals surface area contributed by atoms with E-state index in [1.54, 1.807) is 35.0 Å². The number of nitrogens with zero attached hydrogens (tertiary/aromatic N) is 2. The second-order valence-electron chi connectivity index (χ2n) is 6.74. The minimum absolute atomic E-state index is 0.00936. The molecule has 2 heterocycles. The molecule has 7 nitrogen and oxygen atoms in total. The number of fused-ring (bicyclic) bond motifs is 1. The number of esters is 1. The van der Waals surface area contributed by atoms with Crippen LogP contribution in [0.5, 0.6) is 0 Å². The lowest BCUT2D eigenvalue weighted by Crippen LogP contribution is -2.54. The van der Waals surface area contributed by atoms with E-state index in [1.165, 1.54) is 18.1 Å². The summed E-state index contributed by atoms with van der Waals surface area (Å²) in [5.41, 5.74) is 1.89. The third-order valence-corrected chi connectivity index (χ3v) is 5.65. The van der Waals surface area contributed by atoms with Crippen LogP contribution in [-0.2, 0) is 25.7 Å². The summed E-state index contributed by atoms with van der Waals surface area (Å²) in [7, 11) is 1.32. The van der Waals surface area contributed by atoms with Gasteiger partial charge in [-0.25, -0.2) is 0 Å². The fraction of sp³-hybridized carbons (Fsp3) is 0.0909. The molecule has 1 aromatic heterocycles. The second kappa shape index (κ2) is 8.44. The summed E-state index contributed by atoms with van der Waals surface area (Å²) in [6, 6.07) is 14.4. The van der Waals surface area contributed by atoms with E-state index in [0.29, 0.717) is 11.3 Å². The quantitative estimate of drug-likeness (QED) is 0.258. The molecule has 1 aliphatic rings. The summed E-state index contributed by atoms with van der Waals surface area (Å²) in [6.07, 6.45) is 3.23. The highest BCUT2D eigenvalue weighted by Gasteiger charge is 2.34. The summed E-state index contributed by atoms with van der Waals surface area (Å²) in [6.45, 7) is 0.00936. The number of thiocarbonyl (C=S) groups is 1. The average molecular weight is 498 g/mol.